The molecular weight excluding hydrogens is 343 g/mol. The molecule has 0 aromatic heterocycles. The number of nitrogens with one attached hydrogen (secondary N) is 1. The van der Waals surface area contributed by atoms with Gasteiger partial charge in [-0.25, -0.2) is 0 Å². The lowest BCUT2D eigenvalue weighted by Gasteiger charge is -2.21. The van der Waals surface area contributed by atoms with Crippen molar-refractivity contribution in [3.63, 3.8) is 0 Å². The predicted octanol–water partition coefficient (Wildman–Crippen LogP) is 6.51. The summed E-state index contributed by atoms with van der Waals surface area (Å²) in [6.07, 6.45) is -2.80. The molecule has 0 unspecified atom stereocenters. The first kappa shape index (κ1) is 16.1. The van der Waals surface area contributed by atoms with Gasteiger partial charge >= 0.3 is 6.18 Å². The minimum absolute atomic E-state index is 0.166. The third-order valence-electron chi connectivity index (χ3n) is 3.97. The number of anilines is 2. The summed E-state index contributed by atoms with van der Waals surface area (Å²) in [6.45, 7) is 0. The average molecular weight is 356 g/mol. The van der Waals surface area contributed by atoms with Crippen LogP contribution in [0.5, 0.6) is 0 Å². The summed E-state index contributed by atoms with van der Waals surface area (Å²) < 4.78 is 39.5. The van der Waals surface area contributed by atoms with E-state index in [1.54, 1.807) is 24.2 Å². The molecule has 1 aliphatic rings. The van der Waals surface area contributed by atoms with E-state index >= 15 is 0 Å². The van der Waals surface area contributed by atoms with Gasteiger partial charge in [-0.1, -0.05) is 48.2 Å². The highest BCUT2D eigenvalue weighted by Crippen LogP contribution is 2.44. The highest BCUT2D eigenvalue weighted by atomic mass is 32.2. The van der Waals surface area contributed by atoms with Gasteiger partial charge in [0.15, 0.2) is 0 Å². The predicted molar refractivity (Wildman–Crippen MR) is 94.2 cm³/mol. The largest absolute Gasteiger partial charge is 0.416 e. The van der Waals surface area contributed by atoms with E-state index in [2.05, 4.69) is 5.32 Å². The van der Waals surface area contributed by atoms with Crippen LogP contribution in [-0.2, 0) is 6.18 Å². The summed E-state index contributed by atoms with van der Waals surface area (Å²) in [6, 6.07) is 19.2. The van der Waals surface area contributed by atoms with E-state index in [-0.39, 0.29) is 5.56 Å². The van der Waals surface area contributed by atoms with Gasteiger partial charge in [-0.3, -0.25) is 0 Å². The molecule has 25 heavy (non-hydrogen) atoms. The van der Waals surface area contributed by atoms with Gasteiger partial charge in [0.2, 0.25) is 0 Å². The standard InChI is InChI=1S/C20H13F3NS/c21-20(22,23)15-6-2-1-5-14(15)11-13-9-10-19-17(12-13)24-16-7-3-4-8-18(16)25-19/h1-12,24H. The van der Waals surface area contributed by atoms with Crippen LogP contribution in [0.4, 0.5) is 24.5 Å². The van der Waals surface area contributed by atoms with Crippen LogP contribution >= 0.6 is 11.8 Å². The van der Waals surface area contributed by atoms with E-state index in [0.29, 0.717) is 0 Å². The Morgan fingerprint density at radius 1 is 0.800 bits per heavy atom. The molecule has 0 spiro atoms. The Bertz CT molecular complexity index is 934. The molecule has 0 amide bonds. The van der Waals surface area contributed by atoms with Crippen LogP contribution in [-0.4, -0.2) is 0 Å². The van der Waals surface area contributed by atoms with Crippen LogP contribution in [0.15, 0.2) is 76.5 Å². The Morgan fingerprint density at radius 3 is 2.36 bits per heavy atom. The Balaban J connectivity index is 1.65. The van der Waals surface area contributed by atoms with Crippen LogP contribution in [0.3, 0.4) is 0 Å². The zero-order valence-corrected chi connectivity index (χ0v) is 13.8. The molecule has 1 aliphatic heterocycles. The van der Waals surface area contributed by atoms with E-state index in [1.807, 2.05) is 42.5 Å². The van der Waals surface area contributed by atoms with Crippen LogP contribution in [0.25, 0.3) is 0 Å². The molecular formula is C20H13F3NS. The molecule has 0 atom stereocenters. The fourth-order valence-electron chi connectivity index (χ4n) is 2.81. The van der Waals surface area contributed by atoms with Crippen LogP contribution in [0.2, 0.25) is 0 Å². The Hall–Kier alpha value is -2.40. The second kappa shape index (κ2) is 6.15. The van der Waals surface area contributed by atoms with Gasteiger partial charge in [-0.15, -0.1) is 0 Å². The number of alkyl halides is 3. The number of fused-ring (bicyclic) bond motifs is 2. The van der Waals surface area contributed by atoms with Crippen LogP contribution in [0.1, 0.15) is 16.7 Å². The van der Waals surface area contributed by atoms with Gasteiger partial charge in [0.05, 0.1) is 16.9 Å². The van der Waals surface area contributed by atoms with Crippen LogP contribution < -0.4 is 5.32 Å². The summed E-state index contributed by atoms with van der Waals surface area (Å²) in [5.41, 5.74) is 2.18. The Kier molecular flexibility index (Phi) is 3.96. The maximum atomic E-state index is 13.2. The van der Waals surface area contributed by atoms with Gasteiger partial charge in [-0.05, 0) is 41.5 Å². The van der Waals surface area contributed by atoms with Crippen molar-refractivity contribution >= 4 is 23.1 Å². The van der Waals surface area contributed by atoms with Gasteiger partial charge in [0, 0.05) is 16.2 Å². The minimum atomic E-state index is -4.37. The molecule has 4 rings (SSSR count). The molecule has 1 nitrogen and oxygen atoms in total. The van der Waals surface area contributed by atoms with Crippen molar-refractivity contribution in [3.8, 4) is 0 Å². The molecule has 0 bridgehead atoms. The fourth-order valence-corrected chi connectivity index (χ4v) is 3.78. The lowest BCUT2D eigenvalue weighted by Crippen LogP contribution is -2.08. The number of para-hydroxylation sites is 1. The molecule has 1 radical (unpaired) electrons. The first-order valence-electron chi connectivity index (χ1n) is 7.70. The maximum Gasteiger partial charge on any atom is 0.416 e. The fraction of sp³-hybridized carbons (Fsp3) is 0.0500. The van der Waals surface area contributed by atoms with Crippen molar-refractivity contribution < 1.29 is 13.2 Å². The summed E-state index contributed by atoms with van der Waals surface area (Å²) in [5, 5.41) is 3.35. The van der Waals surface area contributed by atoms with Crippen molar-refractivity contribution in [2.24, 2.45) is 0 Å². The number of hydrogen-bond donors (Lipinski definition) is 1. The molecule has 1 N–H and O–H groups in total. The third kappa shape index (κ3) is 3.24. The SMILES string of the molecule is FC(F)(F)c1ccccc1[CH]c1ccc2c(c1)Nc1ccccc1S2. The van der Waals surface area contributed by atoms with Crippen molar-refractivity contribution in [2.45, 2.75) is 16.0 Å². The van der Waals surface area contributed by atoms with Gasteiger partial charge in [-0.2, -0.15) is 13.2 Å². The van der Waals surface area contributed by atoms with E-state index in [1.165, 1.54) is 12.1 Å². The van der Waals surface area contributed by atoms with Crippen molar-refractivity contribution in [1.82, 2.24) is 0 Å². The molecule has 0 fully saturated rings. The first-order valence-corrected chi connectivity index (χ1v) is 8.51. The normalized spacial score (nSPS) is 12.9. The molecule has 3 aromatic rings. The topological polar surface area (TPSA) is 12.0 Å². The number of hydrogen-bond acceptors (Lipinski definition) is 2. The summed E-state index contributed by atoms with van der Waals surface area (Å²) in [7, 11) is 0. The van der Waals surface area contributed by atoms with Crippen molar-refractivity contribution in [2.75, 3.05) is 5.32 Å². The van der Waals surface area contributed by atoms with Crippen LogP contribution in [0, 0.1) is 6.42 Å². The Morgan fingerprint density at radius 2 is 1.52 bits per heavy atom. The second-order valence-corrected chi connectivity index (χ2v) is 6.79. The third-order valence-corrected chi connectivity index (χ3v) is 5.12. The Labute approximate surface area is 147 Å². The molecule has 0 aliphatic carbocycles. The smallest absolute Gasteiger partial charge is 0.354 e. The lowest BCUT2D eigenvalue weighted by molar-refractivity contribution is -0.137. The molecule has 5 heteroatoms. The van der Waals surface area contributed by atoms with E-state index in [9.17, 15) is 13.2 Å². The van der Waals surface area contributed by atoms with E-state index < -0.39 is 11.7 Å². The highest BCUT2D eigenvalue weighted by Gasteiger charge is 2.32. The summed E-state index contributed by atoms with van der Waals surface area (Å²) in [4.78, 5) is 2.19. The monoisotopic (exact) mass is 356 g/mol. The second-order valence-electron chi connectivity index (χ2n) is 5.71. The molecule has 125 valence electrons. The summed E-state index contributed by atoms with van der Waals surface area (Å²) >= 11 is 1.65. The lowest BCUT2D eigenvalue weighted by atomic mass is 9.99. The molecule has 1 heterocycles. The number of benzene rings is 3. The van der Waals surface area contributed by atoms with Crippen molar-refractivity contribution in [3.05, 3.63) is 89.8 Å². The zero-order valence-electron chi connectivity index (χ0n) is 13.0. The molecule has 0 saturated carbocycles. The van der Waals surface area contributed by atoms with Gasteiger partial charge in [0.25, 0.3) is 0 Å². The molecule has 3 aromatic carbocycles. The summed E-state index contributed by atoms with van der Waals surface area (Å²) in [5.74, 6) is 0. The maximum absolute atomic E-state index is 13.2. The number of halogens is 3. The molecule has 0 saturated heterocycles. The quantitative estimate of drug-likeness (QED) is 0.439. The highest BCUT2D eigenvalue weighted by molar-refractivity contribution is 7.99. The van der Waals surface area contributed by atoms with Crippen molar-refractivity contribution in [1.29, 1.82) is 0 Å². The average Bonchev–Trinajstić information content (AvgIpc) is 2.59. The van der Waals surface area contributed by atoms with E-state index in [4.69, 9.17) is 0 Å². The van der Waals surface area contributed by atoms with E-state index in [0.717, 1.165) is 32.8 Å². The zero-order chi connectivity index (χ0) is 17.4. The minimum Gasteiger partial charge on any atom is -0.354 e. The van der Waals surface area contributed by atoms with Gasteiger partial charge in [0.1, 0.15) is 0 Å². The number of rotatable bonds is 2. The first-order chi connectivity index (χ1) is 12.0. The van der Waals surface area contributed by atoms with Gasteiger partial charge < -0.3 is 5.32 Å².